The lowest BCUT2D eigenvalue weighted by atomic mass is 9.94. The third-order valence-electron chi connectivity index (χ3n) is 6.30. The first-order valence-electron chi connectivity index (χ1n) is 11.1. The zero-order valence-corrected chi connectivity index (χ0v) is 19.5. The summed E-state index contributed by atoms with van der Waals surface area (Å²) >= 11 is 0. The molecule has 0 aromatic heterocycles. The standard InChI is InChI=1S/C23H28N4O5S/c1-15-11-16(2)14-26(13-15)33(31,32)17-7-8-21(22(12-17)27(29)30)24-10-9-19-18-5-3-4-6-20(18)25-23(19)28/h3-8,12,15-16,19,24H,9-11,13-14H2,1-2H3,(H,25,28)/t15-,16+,19-/m0/s1. The number of rotatable bonds is 7. The summed E-state index contributed by atoms with van der Waals surface area (Å²) in [6.45, 7) is 5.16. The number of nitro benzene ring substituents is 1. The molecule has 0 bridgehead atoms. The molecular formula is C23H28N4O5S. The van der Waals surface area contributed by atoms with E-state index >= 15 is 0 Å². The highest BCUT2D eigenvalue weighted by atomic mass is 32.2. The Morgan fingerprint density at radius 1 is 1.15 bits per heavy atom. The van der Waals surface area contributed by atoms with Crippen LogP contribution in [0.25, 0.3) is 0 Å². The maximum absolute atomic E-state index is 13.1. The fourth-order valence-electron chi connectivity index (χ4n) is 4.84. The van der Waals surface area contributed by atoms with Gasteiger partial charge in [0, 0.05) is 31.4 Å². The van der Waals surface area contributed by atoms with E-state index in [1.54, 1.807) is 0 Å². The van der Waals surface area contributed by atoms with Crippen LogP contribution in [0.1, 0.15) is 38.2 Å². The minimum absolute atomic E-state index is 0.0786. The van der Waals surface area contributed by atoms with E-state index < -0.39 is 14.9 Å². The summed E-state index contributed by atoms with van der Waals surface area (Å²) in [5.74, 6) is 0.0316. The molecule has 2 heterocycles. The Bertz CT molecular complexity index is 1170. The number of hydrogen-bond donors (Lipinski definition) is 2. The van der Waals surface area contributed by atoms with Gasteiger partial charge in [0.1, 0.15) is 5.69 Å². The highest BCUT2D eigenvalue weighted by Gasteiger charge is 2.33. The van der Waals surface area contributed by atoms with Crippen LogP contribution < -0.4 is 10.6 Å². The molecule has 2 aliphatic heterocycles. The van der Waals surface area contributed by atoms with Crippen molar-refractivity contribution in [1.82, 2.24) is 4.31 Å². The number of nitro groups is 1. The molecule has 2 aliphatic rings. The smallest absolute Gasteiger partial charge is 0.293 e. The molecule has 1 fully saturated rings. The lowest BCUT2D eigenvalue weighted by molar-refractivity contribution is -0.384. The summed E-state index contributed by atoms with van der Waals surface area (Å²) in [6.07, 6.45) is 1.40. The monoisotopic (exact) mass is 472 g/mol. The first-order valence-corrected chi connectivity index (χ1v) is 12.5. The Kier molecular flexibility index (Phi) is 6.40. The zero-order chi connectivity index (χ0) is 23.8. The average Bonchev–Trinajstić information content (AvgIpc) is 3.08. The van der Waals surface area contributed by atoms with Gasteiger partial charge in [-0.15, -0.1) is 0 Å². The predicted octanol–water partition coefficient (Wildman–Crippen LogP) is 3.80. The fourth-order valence-corrected chi connectivity index (χ4v) is 6.54. The molecule has 0 radical (unpaired) electrons. The van der Waals surface area contributed by atoms with Crippen LogP contribution in [-0.4, -0.2) is 43.2 Å². The number of hydrogen-bond acceptors (Lipinski definition) is 6. The van der Waals surface area contributed by atoms with E-state index in [4.69, 9.17) is 0 Å². The molecule has 9 nitrogen and oxygen atoms in total. The number of carbonyl (C=O) groups excluding carboxylic acids is 1. The van der Waals surface area contributed by atoms with Gasteiger partial charge in [-0.1, -0.05) is 32.0 Å². The fraction of sp³-hybridized carbons (Fsp3) is 0.435. The van der Waals surface area contributed by atoms with Crippen molar-refractivity contribution in [3.05, 3.63) is 58.1 Å². The number of sulfonamides is 1. The van der Waals surface area contributed by atoms with E-state index in [1.165, 1.54) is 16.4 Å². The van der Waals surface area contributed by atoms with Crippen LogP contribution >= 0.6 is 0 Å². The molecule has 0 saturated carbocycles. The Balaban J connectivity index is 1.50. The van der Waals surface area contributed by atoms with Gasteiger partial charge >= 0.3 is 0 Å². The van der Waals surface area contributed by atoms with Crippen LogP contribution in [0.15, 0.2) is 47.4 Å². The molecule has 176 valence electrons. The number of piperidine rings is 1. The van der Waals surface area contributed by atoms with Gasteiger partial charge in [0.05, 0.1) is 15.7 Å². The van der Waals surface area contributed by atoms with Gasteiger partial charge in [-0.3, -0.25) is 14.9 Å². The third-order valence-corrected chi connectivity index (χ3v) is 8.13. The number of fused-ring (bicyclic) bond motifs is 1. The second kappa shape index (κ2) is 9.11. The molecule has 2 aromatic rings. The maximum atomic E-state index is 13.1. The molecule has 3 atom stereocenters. The van der Waals surface area contributed by atoms with E-state index in [0.29, 0.717) is 26.1 Å². The van der Waals surface area contributed by atoms with E-state index in [-0.39, 0.29) is 39.9 Å². The van der Waals surface area contributed by atoms with E-state index in [0.717, 1.165) is 23.7 Å². The number of nitrogens with one attached hydrogen (secondary N) is 2. The topological polar surface area (TPSA) is 122 Å². The average molecular weight is 473 g/mol. The van der Waals surface area contributed by atoms with Gasteiger partial charge in [0.2, 0.25) is 15.9 Å². The highest BCUT2D eigenvalue weighted by molar-refractivity contribution is 7.89. The summed E-state index contributed by atoms with van der Waals surface area (Å²) in [7, 11) is -3.83. The summed E-state index contributed by atoms with van der Waals surface area (Å²) in [6, 6.07) is 11.4. The molecule has 0 spiro atoms. The van der Waals surface area contributed by atoms with Gasteiger partial charge in [-0.05, 0) is 48.4 Å². The maximum Gasteiger partial charge on any atom is 0.293 e. The molecule has 1 saturated heterocycles. The molecule has 10 heteroatoms. The first kappa shape index (κ1) is 23.2. The van der Waals surface area contributed by atoms with Crippen LogP contribution in [0.5, 0.6) is 0 Å². The summed E-state index contributed by atoms with van der Waals surface area (Å²) in [4.78, 5) is 23.3. The van der Waals surface area contributed by atoms with E-state index in [2.05, 4.69) is 10.6 Å². The Morgan fingerprint density at radius 2 is 1.85 bits per heavy atom. The van der Waals surface area contributed by atoms with Crippen molar-refractivity contribution in [2.24, 2.45) is 11.8 Å². The number of benzene rings is 2. The van der Waals surface area contributed by atoms with E-state index in [9.17, 15) is 23.3 Å². The number of para-hydroxylation sites is 1. The summed E-state index contributed by atoms with van der Waals surface area (Å²) in [5, 5.41) is 17.6. The lowest BCUT2D eigenvalue weighted by Crippen LogP contribution is -2.42. The van der Waals surface area contributed by atoms with Crippen LogP contribution in [0.4, 0.5) is 17.1 Å². The molecule has 2 N–H and O–H groups in total. The van der Waals surface area contributed by atoms with E-state index in [1.807, 2.05) is 38.1 Å². The SMILES string of the molecule is C[C@@H]1C[C@H](C)CN(S(=O)(=O)c2ccc(NCC[C@@H]3C(=O)Nc4ccccc43)c([N+](=O)[O-])c2)C1. The zero-order valence-electron chi connectivity index (χ0n) is 18.7. The molecular weight excluding hydrogens is 444 g/mol. The largest absolute Gasteiger partial charge is 0.379 e. The van der Waals surface area contributed by atoms with Gasteiger partial charge in [-0.2, -0.15) is 4.31 Å². The molecule has 0 unspecified atom stereocenters. The Labute approximate surface area is 193 Å². The number of carbonyl (C=O) groups is 1. The number of amides is 1. The predicted molar refractivity (Wildman–Crippen MR) is 126 cm³/mol. The van der Waals surface area contributed by atoms with Crippen molar-refractivity contribution < 1.29 is 18.1 Å². The van der Waals surface area contributed by atoms with Gasteiger partial charge < -0.3 is 10.6 Å². The molecule has 4 rings (SSSR count). The molecule has 1 amide bonds. The highest BCUT2D eigenvalue weighted by Crippen LogP contribution is 2.35. The normalized spacial score (nSPS) is 23.1. The van der Waals surface area contributed by atoms with Crippen molar-refractivity contribution in [3.8, 4) is 0 Å². The minimum Gasteiger partial charge on any atom is -0.379 e. The number of anilines is 2. The summed E-state index contributed by atoms with van der Waals surface area (Å²) in [5.41, 5.74) is 1.62. The van der Waals surface area contributed by atoms with Gasteiger partial charge in [0.25, 0.3) is 5.69 Å². The van der Waals surface area contributed by atoms with Crippen molar-refractivity contribution in [1.29, 1.82) is 0 Å². The van der Waals surface area contributed by atoms with Gasteiger partial charge in [0.15, 0.2) is 0 Å². The van der Waals surface area contributed by atoms with Crippen LogP contribution in [-0.2, 0) is 14.8 Å². The second-order valence-electron chi connectivity index (χ2n) is 9.05. The summed E-state index contributed by atoms with van der Waals surface area (Å²) < 4.78 is 27.7. The van der Waals surface area contributed by atoms with Crippen molar-refractivity contribution >= 4 is 33.0 Å². The van der Waals surface area contributed by atoms with Crippen LogP contribution in [0, 0.1) is 22.0 Å². The van der Waals surface area contributed by atoms with Crippen LogP contribution in [0.3, 0.4) is 0 Å². The third kappa shape index (κ3) is 4.72. The number of nitrogens with zero attached hydrogens (tertiary/aromatic N) is 2. The van der Waals surface area contributed by atoms with Crippen LogP contribution in [0.2, 0.25) is 0 Å². The molecule has 2 aromatic carbocycles. The molecule has 33 heavy (non-hydrogen) atoms. The lowest BCUT2D eigenvalue weighted by Gasteiger charge is -2.34. The van der Waals surface area contributed by atoms with Crippen molar-refractivity contribution in [3.63, 3.8) is 0 Å². The Hall–Kier alpha value is -2.98. The van der Waals surface area contributed by atoms with Gasteiger partial charge in [-0.25, -0.2) is 8.42 Å². The Morgan fingerprint density at radius 3 is 2.55 bits per heavy atom. The van der Waals surface area contributed by atoms with Crippen molar-refractivity contribution in [2.45, 2.75) is 37.5 Å². The first-order chi connectivity index (χ1) is 15.7. The second-order valence-corrected chi connectivity index (χ2v) is 11.0. The quantitative estimate of drug-likeness (QED) is 0.467. The van der Waals surface area contributed by atoms with Crippen molar-refractivity contribution in [2.75, 3.05) is 30.3 Å². The molecule has 0 aliphatic carbocycles. The minimum atomic E-state index is -3.83.